The molecule has 1 N–H and O–H groups in total. The van der Waals surface area contributed by atoms with E-state index < -0.39 is 29.3 Å². The fourth-order valence-electron chi connectivity index (χ4n) is 3.68. The van der Waals surface area contributed by atoms with Gasteiger partial charge in [-0.25, -0.2) is 4.39 Å². The number of carbonyl (C=O) groups excluding carboxylic acids is 2. The van der Waals surface area contributed by atoms with E-state index in [0.29, 0.717) is 11.3 Å². The fraction of sp³-hybridized carbons (Fsp3) is 0.167. The molecule has 0 aliphatic carbocycles. The van der Waals surface area contributed by atoms with Gasteiger partial charge in [-0.05, 0) is 42.8 Å². The van der Waals surface area contributed by atoms with Crippen molar-refractivity contribution in [2.24, 2.45) is 0 Å². The summed E-state index contributed by atoms with van der Waals surface area (Å²) >= 11 is 0. The Morgan fingerprint density at radius 1 is 1.16 bits per heavy atom. The van der Waals surface area contributed by atoms with Gasteiger partial charge in [-0.3, -0.25) is 9.59 Å². The topological polar surface area (TPSA) is 80.0 Å². The van der Waals surface area contributed by atoms with Gasteiger partial charge in [-0.1, -0.05) is 29.8 Å². The molecule has 1 aromatic heterocycles. The summed E-state index contributed by atoms with van der Waals surface area (Å²) in [7, 11) is 1.33. The van der Waals surface area contributed by atoms with Crippen LogP contribution in [-0.4, -0.2) is 28.8 Å². The molecule has 0 spiro atoms. The third-order valence-electron chi connectivity index (χ3n) is 5.26. The first-order valence-corrected chi connectivity index (χ1v) is 9.62. The van der Waals surface area contributed by atoms with Crippen LogP contribution >= 0.6 is 0 Å². The molecule has 3 aromatic rings. The van der Waals surface area contributed by atoms with Crippen molar-refractivity contribution in [1.29, 1.82) is 0 Å². The van der Waals surface area contributed by atoms with E-state index in [1.54, 1.807) is 24.3 Å². The summed E-state index contributed by atoms with van der Waals surface area (Å²) in [6.07, 6.45) is 1.48. The van der Waals surface area contributed by atoms with Crippen molar-refractivity contribution in [3.8, 4) is 5.75 Å². The fourth-order valence-corrected chi connectivity index (χ4v) is 3.68. The van der Waals surface area contributed by atoms with E-state index in [1.165, 1.54) is 30.4 Å². The first-order valence-electron chi connectivity index (χ1n) is 9.62. The number of Topliss-reactive ketones (excluding diaryl/α,β-unsaturated/α-hetero) is 1. The van der Waals surface area contributed by atoms with Crippen molar-refractivity contribution in [2.45, 2.75) is 19.5 Å². The zero-order chi connectivity index (χ0) is 22.1. The van der Waals surface area contributed by atoms with E-state index in [2.05, 4.69) is 0 Å². The number of aryl methyl sites for hydroxylation is 1. The first-order chi connectivity index (χ1) is 14.9. The second kappa shape index (κ2) is 8.10. The van der Waals surface area contributed by atoms with Crippen LogP contribution in [-0.2, 0) is 16.1 Å². The third-order valence-corrected chi connectivity index (χ3v) is 5.26. The Labute approximate surface area is 178 Å². The highest BCUT2D eigenvalue weighted by Crippen LogP contribution is 2.40. The number of likely N-dealkylation sites (tertiary alicyclic amines) is 1. The van der Waals surface area contributed by atoms with E-state index in [0.717, 1.165) is 11.6 Å². The molecule has 0 unspecified atom stereocenters. The Morgan fingerprint density at radius 2 is 1.90 bits per heavy atom. The zero-order valence-corrected chi connectivity index (χ0v) is 17.0. The minimum absolute atomic E-state index is 0.00454. The van der Waals surface area contributed by atoms with Gasteiger partial charge in [-0.15, -0.1) is 0 Å². The number of amides is 1. The summed E-state index contributed by atoms with van der Waals surface area (Å²) in [6, 6.07) is 13.7. The largest absolute Gasteiger partial charge is 0.507 e. The van der Waals surface area contributed by atoms with E-state index >= 15 is 0 Å². The number of furan rings is 1. The number of nitrogens with zero attached hydrogens (tertiary/aromatic N) is 1. The number of halogens is 1. The van der Waals surface area contributed by atoms with Crippen molar-refractivity contribution in [2.75, 3.05) is 7.11 Å². The highest BCUT2D eigenvalue weighted by Gasteiger charge is 2.46. The Morgan fingerprint density at radius 3 is 2.52 bits per heavy atom. The number of rotatable bonds is 5. The maximum Gasteiger partial charge on any atom is 0.296 e. The van der Waals surface area contributed by atoms with Crippen LogP contribution < -0.4 is 4.74 Å². The molecule has 1 amide bonds. The zero-order valence-electron chi connectivity index (χ0n) is 17.0. The van der Waals surface area contributed by atoms with Crippen LogP contribution in [0.1, 0.15) is 28.5 Å². The number of ketones is 1. The number of carbonyl (C=O) groups is 2. The number of hydrogen-bond donors (Lipinski definition) is 1. The standard InChI is InChI=1S/C24H20FNO5/c1-14-5-7-15(8-6-14)21-20(22(27)16-9-10-19(30-2)18(25)12-16)23(28)24(29)26(21)13-17-4-3-11-31-17/h3-12,21,27H,13H2,1-2H3/t21-/m0/s1. The molecule has 1 saturated heterocycles. The van der Waals surface area contributed by atoms with E-state index in [1.807, 2.05) is 19.1 Å². The average Bonchev–Trinajstić information content (AvgIpc) is 3.36. The molecule has 2 heterocycles. The van der Waals surface area contributed by atoms with Crippen LogP contribution in [0.2, 0.25) is 0 Å². The van der Waals surface area contributed by atoms with Gasteiger partial charge in [0, 0.05) is 5.56 Å². The van der Waals surface area contributed by atoms with Crippen LogP contribution in [0.25, 0.3) is 5.76 Å². The summed E-state index contributed by atoms with van der Waals surface area (Å²) in [5, 5.41) is 11.0. The minimum Gasteiger partial charge on any atom is -0.507 e. The highest BCUT2D eigenvalue weighted by molar-refractivity contribution is 6.46. The first kappa shape index (κ1) is 20.4. The number of hydrogen-bond acceptors (Lipinski definition) is 5. The summed E-state index contributed by atoms with van der Waals surface area (Å²) < 4.78 is 24.5. The second-order valence-corrected chi connectivity index (χ2v) is 7.27. The van der Waals surface area contributed by atoms with Crippen LogP contribution in [0, 0.1) is 12.7 Å². The van der Waals surface area contributed by atoms with E-state index in [-0.39, 0.29) is 23.4 Å². The van der Waals surface area contributed by atoms with Gasteiger partial charge in [0.15, 0.2) is 11.6 Å². The molecule has 0 saturated carbocycles. The summed E-state index contributed by atoms with van der Waals surface area (Å²) in [5.74, 6) is -2.25. The molecule has 1 aliphatic heterocycles. The minimum atomic E-state index is -0.851. The predicted octanol–water partition coefficient (Wildman–Crippen LogP) is 4.36. The predicted molar refractivity (Wildman–Crippen MR) is 111 cm³/mol. The summed E-state index contributed by atoms with van der Waals surface area (Å²) in [6.45, 7) is 1.97. The molecule has 1 aliphatic rings. The van der Waals surface area contributed by atoms with E-state index in [4.69, 9.17) is 9.15 Å². The number of benzene rings is 2. The van der Waals surface area contributed by atoms with Crippen LogP contribution in [0.15, 0.2) is 70.9 Å². The smallest absolute Gasteiger partial charge is 0.296 e. The molecule has 31 heavy (non-hydrogen) atoms. The maximum atomic E-state index is 14.2. The van der Waals surface area contributed by atoms with Gasteiger partial charge < -0.3 is 19.2 Å². The van der Waals surface area contributed by atoms with Crippen LogP contribution in [0.4, 0.5) is 4.39 Å². The molecule has 0 bridgehead atoms. The van der Waals surface area contributed by atoms with E-state index in [9.17, 15) is 19.1 Å². The Hall–Kier alpha value is -3.87. The molecule has 6 nitrogen and oxygen atoms in total. The lowest BCUT2D eigenvalue weighted by molar-refractivity contribution is -0.140. The summed E-state index contributed by atoms with van der Waals surface area (Å²) in [5.41, 5.74) is 1.62. The molecule has 1 atom stereocenters. The number of ether oxygens (including phenoxy) is 1. The SMILES string of the molecule is COc1ccc(C(O)=C2C(=O)C(=O)N(Cc3ccco3)[C@H]2c2ccc(C)cc2)cc1F. The van der Waals surface area contributed by atoms with Crippen LogP contribution in [0.3, 0.4) is 0 Å². The molecule has 4 rings (SSSR count). The monoisotopic (exact) mass is 421 g/mol. The third kappa shape index (κ3) is 3.70. The molecular weight excluding hydrogens is 401 g/mol. The van der Waals surface area contributed by atoms with Crippen molar-refractivity contribution in [1.82, 2.24) is 4.90 Å². The number of methoxy groups -OCH3 is 1. The van der Waals surface area contributed by atoms with Gasteiger partial charge in [0.25, 0.3) is 11.7 Å². The van der Waals surface area contributed by atoms with Gasteiger partial charge in [0.05, 0.1) is 31.5 Å². The van der Waals surface area contributed by atoms with Crippen molar-refractivity contribution in [3.63, 3.8) is 0 Å². The van der Waals surface area contributed by atoms with Gasteiger partial charge >= 0.3 is 0 Å². The lowest BCUT2D eigenvalue weighted by atomic mass is 9.94. The average molecular weight is 421 g/mol. The Balaban J connectivity index is 1.86. The molecular formula is C24H20FNO5. The Kier molecular flexibility index (Phi) is 5.33. The normalized spacial score (nSPS) is 17.9. The molecule has 2 aromatic carbocycles. The number of aliphatic hydroxyl groups excluding tert-OH is 1. The lowest BCUT2D eigenvalue weighted by Gasteiger charge is -2.24. The quantitative estimate of drug-likeness (QED) is 0.376. The summed E-state index contributed by atoms with van der Waals surface area (Å²) in [4.78, 5) is 27.2. The molecule has 158 valence electrons. The van der Waals surface area contributed by atoms with Gasteiger partial charge in [0.1, 0.15) is 11.5 Å². The molecule has 7 heteroatoms. The molecule has 1 fully saturated rings. The molecule has 0 radical (unpaired) electrons. The Bertz CT molecular complexity index is 1170. The maximum absolute atomic E-state index is 14.2. The van der Waals surface area contributed by atoms with Crippen molar-refractivity contribution >= 4 is 17.4 Å². The van der Waals surface area contributed by atoms with Crippen molar-refractivity contribution in [3.05, 3.63) is 94.7 Å². The second-order valence-electron chi connectivity index (χ2n) is 7.27. The lowest BCUT2D eigenvalue weighted by Crippen LogP contribution is -2.29. The van der Waals surface area contributed by atoms with Gasteiger partial charge in [0.2, 0.25) is 0 Å². The number of aliphatic hydroxyl groups is 1. The van der Waals surface area contributed by atoms with Crippen molar-refractivity contribution < 1.29 is 28.2 Å². The highest BCUT2D eigenvalue weighted by atomic mass is 19.1. The van der Waals surface area contributed by atoms with Crippen LogP contribution in [0.5, 0.6) is 5.75 Å². The van der Waals surface area contributed by atoms with Gasteiger partial charge in [-0.2, -0.15) is 0 Å².